The summed E-state index contributed by atoms with van der Waals surface area (Å²) in [6.45, 7) is 0.525. The Morgan fingerprint density at radius 1 is 1.61 bits per heavy atom. The summed E-state index contributed by atoms with van der Waals surface area (Å²) in [7, 11) is -1.27. The molecular weight excluding hydrogens is 338 g/mol. The molecule has 1 aromatic heterocycles. The van der Waals surface area contributed by atoms with Gasteiger partial charge in [-0.2, -0.15) is 0 Å². The molecule has 0 spiro atoms. The summed E-state index contributed by atoms with van der Waals surface area (Å²) >= 11 is 4.95. The highest BCUT2D eigenvalue weighted by Crippen LogP contribution is 2.24. The molecule has 7 heteroatoms. The average molecular weight is 352 g/mol. The first-order chi connectivity index (χ1) is 8.37. The highest BCUT2D eigenvalue weighted by Gasteiger charge is 2.34. The van der Waals surface area contributed by atoms with Crippen molar-refractivity contribution in [3.05, 3.63) is 20.8 Å². The van der Waals surface area contributed by atoms with E-state index in [0.717, 1.165) is 9.35 Å². The summed E-state index contributed by atoms with van der Waals surface area (Å²) in [6, 6.07) is 1.97. The predicted octanol–water partition coefficient (Wildman–Crippen LogP) is 1.90. The molecule has 18 heavy (non-hydrogen) atoms. The van der Waals surface area contributed by atoms with E-state index in [1.165, 1.54) is 0 Å². The van der Waals surface area contributed by atoms with Gasteiger partial charge in [0.1, 0.15) is 0 Å². The molecule has 1 aliphatic heterocycles. The molecule has 0 N–H and O–H groups in total. The van der Waals surface area contributed by atoms with E-state index in [-0.39, 0.29) is 23.3 Å². The topological polar surface area (TPSA) is 54.5 Å². The quantitative estimate of drug-likeness (QED) is 0.835. The van der Waals surface area contributed by atoms with Crippen molar-refractivity contribution in [2.24, 2.45) is 5.92 Å². The zero-order valence-electron chi connectivity index (χ0n) is 9.93. The number of hydrogen-bond donors (Lipinski definition) is 0. The third-order valence-corrected chi connectivity index (χ3v) is 6.32. The second-order valence-electron chi connectivity index (χ2n) is 4.55. The highest BCUT2D eigenvalue weighted by atomic mass is 79.9. The maximum atomic E-state index is 12.1. The maximum Gasteiger partial charge on any atom is 0.226 e. The van der Waals surface area contributed by atoms with Crippen molar-refractivity contribution in [2.75, 3.05) is 18.6 Å². The first-order valence-electron chi connectivity index (χ1n) is 5.56. The van der Waals surface area contributed by atoms with Gasteiger partial charge in [0.2, 0.25) is 5.91 Å². The lowest BCUT2D eigenvalue weighted by molar-refractivity contribution is -0.133. The van der Waals surface area contributed by atoms with E-state index < -0.39 is 9.84 Å². The van der Waals surface area contributed by atoms with Gasteiger partial charge in [0, 0.05) is 13.6 Å². The lowest BCUT2D eigenvalue weighted by Gasteiger charge is -2.19. The standard InChI is InChI=1S/C11H14BrNO3S2/c1-13(5-8-4-10(12)17-6-8)11(14)9-2-3-18(15,16)7-9/h4,6,9H,2-3,5,7H2,1H3. The zero-order chi connectivity index (χ0) is 13.3. The van der Waals surface area contributed by atoms with Crippen molar-refractivity contribution in [1.82, 2.24) is 4.90 Å². The number of hydrogen-bond acceptors (Lipinski definition) is 4. The number of carbonyl (C=O) groups excluding carboxylic acids is 1. The van der Waals surface area contributed by atoms with Crippen molar-refractivity contribution < 1.29 is 13.2 Å². The molecule has 0 aromatic carbocycles. The summed E-state index contributed by atoms with van der Waals surface area (Å²) in [6.07, 6.45) is 0.457. The molecule has 0 radical (unpaired) electrons. The van der Waals surface area contributed by atoms with Gasteiger partial charge in [-0.1, -0.05) is 0 Å². The molecule has 0 saturated carbocycles. The van der Waals surface area contributed by atoms with Crippen LogP contribution in [0.4, 0.5) is 0 Å². The number of thiophene rings is 1. The minimum atomic E-state index is -3.00. The molecule has 1 saturated heterocycles. The molecule has 1 amide bonds. The minimum absolute atomic E-state index is 0.00348. The van der Waals surface area contributed by atoms with Gasteiger partial charge < -0.3 is 4.90 Å². The van der Waals surface area contributed by atoms with Gasteiger partial charge in [0.25, 0.3) is 0 Å². The van der Waals surface area contributed by atoms with Crippen molar-refractivity contribution in [1.29, 1.82) is 0 Å². The van der Waals surface area contributed by atoms with Crippen LogP contribution in [0.1, 0.15) is 12.0 Å². The van der Waals surface area contributed by atoms with Gasteiger partial charge in [0.05, 0.1) is 21.2 Å². The molecule has 0 aliphatic carbocycles. The Balaban J connectivity index is 1.97. The molecular formula is C11H14BrNO3S2. The van der Waals surface area contributed by atoms with Crippen LogP contribution < -0.4 is 0 Å². The van der Waals surface area contributed by atoms with Crippen LogP contribution in [0.25, 0.3) is 0 Å². The number of sulfone groups is 1. The Morgan fingerprint density at radius 2 is 2.33 bits per heavy atom. The van der Waals surface area contributed by atoms with Crippen LogP contribution in [-0.2, 0) is 21.2 Å². The molecule has 2 heterocycles. The van der Waals surface area contributed by atoms with Gasteiger partial charge in [0.15, 0.2) is 9.84 Å². The molecule has 1 atom stereocenters. The first kappa shape index (κ1) is 14.0. The monoisotopic (exact) mass is 351 g/mol. The summed E-state index contributed by atoms with van der Waals surface area (Å²) in [4.78, 5) is 13.7. The molecule has 2 rings (SSSR count). The molecule has 1 unspecified atom stereocenters. The van der Waals surface area contributed by atoms with Gasteiger partial charge in [-0.3, -0.25) is 4.79 Å². The fraction of sp³-hybridized carbons (Fsp3) is 0.545. The van der Waals surface area contributed by atoms with E-state index in [0.29, 0.717) is 13.0 Å². The number of amides is 1. The van der Waals surface area contributed by atoms with Gasteiger partial charge >= 0.3 is 0 Å². The SMILES string of the molecule is CN(Cc1csc(Br)c1)C(=O)C1CCS(=O)(=O)C1. The summed E-state index contributed by atoms with van der Waals surface area (Å²) in [5, 5.41) is 1.99. The Labute approximate surface area is 119 Å². The molecule has 1 fully saturated rings. The molecule has 100 valence electrons. The summed E-state index contributed by atoms with van der Waals surface area (Å²) in [5.74, 6) is -0.287. The minimum Gasteiger partial charge on any atom is -0.341 e. The van der Waals surface area contributed by atoms with E-state index in [9.17, 15) is 13.2 Å². The van der Waals surface area contributed by atoms with Crippen LogP contribution in [0.3, 0.4) is 0 Å². The number of nitrogens with zero attached hydrogens (tertiary/aromatic N) is 1. The highest BCUT2D eigenvalue weighted by molar-refractivity contribution is 9.11. The van der Waals surface area contributed by atoms with Crippen LogP contribution >= 0.6 is 27.3 Å². The Kier molecular flexibility index (Phi) is 4.13. The maximum absolute atomic E-state index is 12.1. The van der Waals surface area contributed by atoms with Crippen LogP contribution in [-0.4, -0.2) is 37.8 Å². The van der Waals surface area contributed by atoms with Crippen molar-refractivity contribution in [3.8, 4) is 0 Å². The molecule has 1 aliphatic rings. The zero-order valence-corrected chi connectivity index (χ0v) is 13.1. The smallest absolute Gasteiger partial charge is 0.226 e. The number of halogens is 1. The molecule has 4 nitrogen and oxygen atoms in total. The lowest BCUT2D eigenvalue weighted by atomic mass is 10.1. The summed E-state index contributed by atoms with van der Waals surface area (Å²) in [5.41, 5.74) is 1.06. The van der Waals surface area contributed by atoms with Crippen molar-refractivity contribution in [3.63, 3.8) is 0 Å². The van der Waals surface area contributed by atoms with E-state index in [2.05, 4.69) is 15.9 Å². The third-order valence-electron chi connectivity index (χ3n) is 3.00. The van der Waals surface area contributed by atoms with E-state index in [1.807, 2.05) is 11.4 Å². The largest absolute Gasteiger partial charge is 0.341 e. The lowest BCUT2D eigenvalue weighted by Crippen LogP contribution is -2.33. The third kappa shape index (κ3) is 3.33. The number of carbonyl (C=O) groups is 1. The van der Waals surface area contributed by atoms with Gasteiger partial charge in [-0.05, 0) is 39.4 Å². The van der Waals surface area contributed by atoms with Crippen LogP contribution in [0.15, 0.2) is 15.2 Å². The Bertz CT molecular complexity index is 552. The van der Waals surface area contributed by atoms with Crippen molar-refractivity contribution in [2.45, 2.75) is 13.0 Å². The fourth-order valence-corrected chi connectivity index (χ4v) is 5.01. The molecule has 1 aromatic rings. The van der Waals surface area contributed by atoms with E-state index in [1.54, 1.807) is 23.3 Å². The van der Waals surface area contributed by atoms with Crippen molar-refractivity contribution >= 4 is 43.0 Å². The second kappa shape index (κ2) is 5.30. The van der Waals surface area contributed by atoms with Gasteiger partial charge in [-0.15, -0.1) is 11.3 Å². The summed E-state index contributed by atoms with van der Waals surface area (Å²) < 4.78 is 23.7. The Morgan fingerprint density at radius 3 is 2.83 bits per heavy atom. The average Bonchev–Trinajstić information content (AvgIpc) is 2.83. The fourth-order valence-electron chi connectivity index (χ4n) is 2.08. The first-order valence-corrected chi connectivity index (χ1v) is 9.05. The molecule has 0 bridgehead atoms. The Hall–Kier alpha value is -0.400. The van der Waals surface area contributed by atoms with E-state index >= 15 is 0 Å². The van der Waals surface area contributed by atoms with Crippen LogP contribution in [0.5, 0.6) is 0 Å². The normalized spacial score (nSPS) is 22.0. The number of rotatable bonds is 3. The second-order valence-corrected chi connectivity index (χ2v) is 9.07. The predicted molar refractivity (Wildman–Crippen MR) is 75.3 cm³/mol. The van der Waals surface area contributed by atoms with Crippen LogP contribution in [0.2, 0.25) is 0 Å². The van der Waals surface area contributed by atoms with E-state index in [4.69, 9.17) is 0 Å². The van der Waals surface area contributed by atoms with Gasteiger partial charge in [-0.25, -0.2) is 8.42 Å². The van der Waals surface area contributed by atoms with Crippen LogP contribution in [0, 0.1) is 5.92 Å².